The lowest BCUT2D eigenvalue weighted by Gasteiger charge is -2.26. The first kappa shape index (κ1) is 24.3. The molecule has 0 aromatic carbocycles. The van der Waals surface area contributed by atoms with Crippen LogP contribution in [0.3, 0.4) is 0 Å². The fraction of sp³-hybridized carbons (Fsp3) is 0.370. The molecule has 10 heteroatoms. The molecule has 1 amide bonds. The fourth-order valence-electron chi connectivity index (χ4n) is 4.54. The molecule has 190 valence electrons. The Balaban J connectivity index is 1.41. The number of carbonyl (C=O) groups excluding carboxylic acids is 1. The highest BCUT2D eigenvalue weighted by Gasteiger charge is 2.25. The number of anilines is 1. The molecule has 0 unspecified atom stereocenters. The van der Waals surface area contributed by atoms with Crippen molar-refractivity contribution >= 4 is 17.4 Å². The van der Waals surface area contributed by atoms with E-state index in [9.17, 15) is 10.1 Å². The number of nitrogens with zero attached hydrogens (tertiary/aromatic N) is 8. The Morgan fingerprint density at radius 3 is 2.51 bits per heavy atom. The van der Waals surface area contributed by atoms with Gasteiger partial charge >= 0.3 is 6.09 Å². The second kappa shape index (κ2) is 9.58. The van der Waals surface area contributed by atoms with E-state index in [1.54, 1.807) is 26.5 Å². The first-order valence-electron chi connectivity index (χ1n) is 12.3. The molecule has 5 rings (SSSR count). The number of fused-ring (bicyclic) bond motifs is 1. The minimum absolute atomic E-state index is 0.274. The Hall–Kier alpha value is -4.39. The van der Waals surface area contributed by atoms with E-state index in [2.05, 4.69) is 27.2 Å². The maximum atomic E-state index is 12.5. The minimum atomic E-state index is -0.513. The molecule has 0 spiro atoms. The van der Waals surface area contributed by atoms with Crippen LogP contribution in [0.5, 0.6) is 0 Å². The van der Waals surface area contributed by atoms with Crippen LogP contribution in [-0.2, 0) is 11.8 Å². The number of aryl methyl sites for hydroxylation is 1. The van der Waals surface area contributed by atoms with Crippen LogP contribution >= 0.6 is 0 Å². The van der Waals surface area contributed by atoms with Crippen molar-refractivity contribution in [2.75, 3.05) is 31.1 Å². The molecule has 0 bridgehead atoms. The molecule has 5 heterocycles. The van der Waals surface area contributed by atoms with E-state index >= 15 is 0 Å². The molecule has 0 N–H and O–H groups in total. The topological polar surface area (TPSA) is 105 Å². The third-order valence-electron chi connectivity index (χ3n) is 6.30. The molecular formula is C27H30N8O2. The van der Waals surface area contributed by atoms with Crippen LogP contribution < -0.4 is 4.90 Å². The van der Waals surface area contributed by atoms with Crippen LogP contribution in [0.25, 0.3) is 27.8 Å². The summed E-state index contributed by atoms with van der Waals surface area (Å²) in [6, 6.07) is 8.32. The van der Waals surface area contributed by atoms with Crippen LogP contribution in [-0.4, -0.2) is 67.2 Å². The predicted molar refractivity (Wildman–Crippen MR) is 140 cm³/mol. The van der Waals surface area contributed by atoms with Gasteiger partial charge in [0.15, 0.2) is 0 Å². The second-order valence-corrected chi connectivity index (χ2v) is 10.2. The smallest absolute Gasteiger partial charge is 0.410 e. The Morgan fingerprint density at radius 1 is 1.00 bits per heavy atom. The summed E-state index contributed by atoms with van der Waals surface area (Å²) < 4.78 is 9.04. The van der Waals surface area contributed by atoms with Gasteiger partial charge in [-0.2, -0.15) is 15.5 Å². The third-order valence-corrected chi connectivity index (χ3v) is 6.30. The number of carbonyl (C=O) groups is 1. The number of amides is 1. The van der Waals surface area contributed by atoms with Gasteiger partial charge in [-0.25, -0.2) is 14.3 Å². The van der Waals surface area contributed by atoms with E-state index in [-0.39, 0.29) is 6.09 Å². The first-order chi connectivity index (χ1) is 17.7. The highest BCUT2D eigenvalue weighted by molar-refractivity contribution is 5.87. The molecule has 1 aliphatic rings. The standard InChI is InChI=1S/C27H30N8O2/c1-27(2,3)37-26(36)34-9-5-8-33(10-11-34)24-7-6-19(14-29-24)23-12-20(22-16-30-32(4)17-22)18-35-25(23)21(13-28)15-31-35/h6-7,12,14-18H,5,8-11H2,1-4H3. The largest absolute Gasteiger partial charge is 0.444 e. The van der Waals surface area contributed by atoms with Crippen molar-refractivity contribution < 1.29 is 9.53 Å². The Morgan fingerprint density at radius 2 is 1.84 bits per heavy atom. The zero-order valence-corrected chi connectivity index (χ0v) is 21.5. The summed E-state index contributed by atoms with van der Waals surface area (Å²) >= 11 is 0. The fourth-order valence-corrected chi connectivity index (χ4v) is 4.54. The van der Waals surface area contributed by atoms with Gasteiger partial charge < -0.3 is 14.5 Å². The third kappa shape index (κ3) is 5.11. The van der Waals surface area contributed by atoms with Crippen molar-refractivity contribution in [2.24, 2.45) is 7.05 Å². The number of hydrogen-bond acceptors (Lipinski definition) is 7. The summed E-state index contributed by atoms with van der Waals surface area (Å²) in [4.78, 5) is 21.2. The monoisotopic (exact) mass is 498 g/mol. The zero-order chi connectivity index (χ0) is 26.2. The molecule has 0 aliphatic carbocycles. The molecule has 0 atom stereocenters. The van der Waals surface area contributed by atoms with Gasteiger partial charge in [0.1, 0.15) is 17.5 Å². The molecule has 4 aromatic rings. The van der Waals surface area contributed by atoms with Crippen LogP contribution in [0.1, 0.15) is 32.8 Å². The summed E-state index contributed by atoms with van der Waals surface area (Å²) in [5, 5.41) is 18.4. The molecule has 0 saturated carbocycles. The molecule has 37 heavy (non-hydrogen) atoms. The van der Waals surface area contributed by atoms with Crippen LogP contribution in [0.15, 0.2) is 49.2 Å². The lowest BCUT2D eigenvalue weighted by Crippen LogP contribution is -2.39. The predicted octanol–water partition coefficient (Wildman–Crippen LogP) is 4.12. The maximum Gasteiger partial charge on any atom is 0.410 e. The lowest BCUT2D eigenvalue weighted by molar-refractivity contribution is 0.0263. The molecule has 1 aliphatic heterocycles. The normalized spacial score (nSPS) is 14.5. The summed E-state index contributed by atoms with van der Waals surface area (Å²) in [7, 11) is 1.88. The van der Waals surface area contributed by atoms with Gasteiger partial charge in [0, 0.05) is 74.1 Å². The molecular weight excluding hydrogens is 468 g/mol. The lowest BCUT2D eigenvalue weighted by atomic mass is 10.0. The van der Waals surface area contributed by atoms with Crippen LogP contribution in [0.4, 0.5) is 10.6 Å². The first-order valence-corrected chi connectivity index (χ1v) is 12.3. The molecule has 10 nitrogen and oxygen atoms in total. The van der Waals surface area contributed by atoms with Crippen LogP contribution in [0.2, 0.25) is 0 Å². The number of aromatic nitrogens is 5. The number of ether oxygens (including phenoxy) is 1. The maximum absolute atomic E-state index is 12.5. The average Bonchev–Trinajstić information content (AvgIpc) is 3.40. The summed E-state index contributed by atoms with van der Waals surface area (Å²) in [6.45, 7) is 8.34. The van der Waals surface area contributed by atoms with Gasteiger partial charge in [-0.05, 0) is 45.4 Å². The van der Waals surface area contributed by atoms with Crippen molar-refractivity contribution in [3.8, 4) is 28.3 Å². The summed E-state index contributed by atoms with van der Waals surface area (Å²) in [5.74, 6) is 0.850. The van der Waals surface area contributed by atoms with Crippen molar-refractivity contribution in [1.29, 1.82) is 5.26 Å². The van der Waals surface area contributed by atoms with Gasteiger partial charge in [0.2, 0.25) is 0 Å². The van der Waals surface area contributed by atoms with Gasteiger partial charge in [-0.1, -0.05) is 0 Å². The van der Waals surface area contributed by atoms with Crippen LogP contribution in [0, 0.1) is 11.3 Å². The number of pyridine rings is 2. The average molecular weight is 499 g/mol. The summed E-state index contributed by atoms with van der Waals surface area (Å²) in [6.07, 6.45) is 9.64. The zero-order valence-electron chi connectivity index (χ0n) is 21.5. The molecule has 4 aromatic heterocycles. The molecule has 0 radical (unpaired) electrons. The van der Waals surface area contributed by atoms with Gasteiger partial charge in [-0.3, -0.25) is 4.68 Å². The Labute approximate surface area is 215 Å². The quantitative estimate of drug-likeness (QED) is 0.418. The van der Waals surface area contributed by atoms with E-state index in [1.165, 1.54) is 0 Å². The van der Waals surface area contributed by atoms with E-state index in [0.717, 1.165) is 46.6 Å². The highest BCUT2D eigenvalue weighted by Crippen LogP contribution is 2.32. The Kier molecular flexibility index (Phi) is 6.29. The Bertz CT molecular complexity index is 1470. The SMILES string of the molecule is Cn1cc(-c2cc(-c3ccc(N4CCCN(C(=O)OC(C)(C)C)CC4)nc3)c3c(C#N)cnn3c2)cn1. The molecule has 1 fully saturated rings. The number of nitriles is 1. The van der Waals surface area contributed by atoms with E-state index in [4.69, 9.17) is 9.72 Å². The van der Waals surface area contributed by atoms with E-state index < -0.39 is 5.60 Å². The van der Waals surface area contributed by atoms with E-state index in [0.29, 0.717) is 25.2 Å². The van der Waals surface area contributed by atoms with Crippen molar-refractivity contribution in [2.45, 2.75) is 32.8 Å². The van der Waals surface area contributed by atoms with Crippen molar-refractivity contribution in [1.82, 2.24) is 29.3 Å². The van der Waals surface area contributed by atoms with Crippen molar-refractivity contribution in [3.63, 3.8) is 0 Å². The van der Waals surface area contributed by atoms with E-state index in [1.807, 2.05) is 58.5 Å². The highest BCUT2D eigenvalue weighted by atomic mass is 16.6. The van der Waals surface area contributed by atoms with Gasteiger partial charge in [0.05, 0.1) is 23.5 Å². The van der Waals surface area contributed by atoms with Crippen molar-refractivity contribution in [3.05, 3.63) is 54.7 Å². The number of hydrogen-bond donors (Lipinski definition) is 0. The van der Waals surface area contributed by atoms with Gasteiger partial charge in [-0.15, -0.1) is 0 Å². The second-order valence-electron chi connectivity index (χ2n) is 10.2. The van der Waals surface area contributed by atoms with Gasteiger partial charge in [0.25, 0.3) is 0 Å². The minimum Gasteiger partial charge on any atom is -0.444 e. The molecule has 1 saturated heterocycles. The number of rotatable bonds is 3. The summed E-state index contributed by atoms with van der Waals surface area (Å²) in [5.41, 5.74) is 4.41.